The second-order valence-electron chi connectivity index (χ2n) is 7.63. The van der Waals surface area contributed by atoms with Crippen molar-refractivity contribution in [2.24, 2.45) is 0 Å². The fraction of sp³-hybridized carbons (Fsp3) is 0.192. The molecule has 0 unspecified atom stereocenters. The minimum absolute atomic E-state index is 0.109. The van der Waals surface area contributed by atoms with Gasteiger partial charge in [0.2, 0.25) is 0 Å². The summed E-state index contributed by atoms with van der Waals surface area (Å²) in [5.41, 5.74) is 1.95. The topological polar surface area (TPSA) is 76.8 Å². The van der Waals surface area contributed by atoms with E-state index in [1.54, 1.807) is 60.7 Å². The summed E-state index contributed by atoms with van der Waals surface area (Å²) >= 11 is 7.03. The van der Waals surface area contributed by atoms with Crippen LogP contribution in [0.2, 0.25) is 5.02 Å². The van der Waals surface area contributed by atoms with Gasteiger partial charge >= 0.3 is 5.97 Å². The number of thioether (sulfide) groups is 1. The number of unbranched alkanes of at least 4 members (excludes halogenated alkanes) is 1. The lowest BCUT2D eigenvalue weighted by molar-refractivity contribution is -0.123. The molecule has 2 heterocycles. The van der Waals surface area contributed by atoms with Gasteiger partial charge in [0.1, 0.15) is 11.5 Å². The molecule has 1 aliphatic heterocycles. The number of carbonyl (C=O) groups is 3. The molecule has 1 fully saturated rings. The van der Waals surface area contributed by atoms with E-state index in [0.29, 0.717) is 34.3 Å². The van der Waals surface area contributed by atoms with Crippen LogP contribution in [-0.4, -0.2) is 28.6 Å². The van der Waals surface area contributed by atoms with Crippen LogP contribution in [0.3, 0.4) is 0 Å². The molecule has 1 aromatic heterocycles. The zero-order chi connectivity index (χ0) is 24.1. The lowest BCUT2D eigenvalue weighted by Gasteiger charge is -2.13. The maximum absolute atomic E-state index is 12.8. The van der Waals surface area contributed by atoms with Gasteiger partial charge in [-0.2, -0.15) is 0 Å². The second kappa shape index (κ2) is 10.8. The van der Waals surface area contributed by atoms with Crippen LogP contribution in [0.5, 0.6) is 0 Å². The summed E-state index contributed by atoms with van der Waals surface area (Å²) in [6, 6.07) is 17.5. The fourth-order valence-corrected chi connectivity index (χ4v) is 4.32. The monoisotopic (exact) mass is 495 g/mol. The molecule has 1 aliphatic rings. The first-order valence-electron chi connectivity index (χ1n) is 10.8. The lowest BCUT2D eigenvalue weighted by Crippen LogP contribution is -2.27. The van der Waals surface area contributed by atoms with Crippen molar-refractivity contribution in [3.05, 3.63) is 87.5 Å². The van der Waals surface area contributed by atoms with Crippen molar-refractivity contribution in [3.8, 4) is 11.3 Å². The largest absolute Gasteiger partial charge is 0.462 e. The quantitative estimate of drug-likeness (QED) is 0.194. The fourth-order valence-electron chi connectivity index (χ4n) is 3.31. The smallest absolute Gasteiger partial charge is 0.338 e. The molecule has 174 valence electrons. The van der Waals surface area contributed by atoms with Gasteiger partial charge in [-0.1, -0.05) is 55.3 Å². The molecule has 2 aromatic carbocycles. The van der Waals surface area contributed by atoms with E-state index in [-0.39, 0.29) is 28.6 Å². The van der Waals surface area contributed by atoms with Crippen molar-refractivity contribution in [3.63, 3.8) is 0 Å². The SMILES string of the molecule is CCCCOC(=O)c1ccc(-c2ccc(/C=C3/SC(=O)N(Cc4ccccc4Cl)C3=O)o2)cc1. The van der Waals surface area contributed by atoms with E-state index < -0.39 is 0 Å². The van der Waals surface area contributed by atoms with Crippen LogP contribution in [0.25, 0.3) is 17.4 Å². The summed E-state index contributed by atoms with van der Waals surface area (Å²) in [6.45, 7) is 2.55. The molecule has 3 aromatic rings. The Morgan fingerprint density at radius 1 is 1.09 bits per heavy atom. The van der Waals surface area contributed by atoms with Crippen molar-refractivity contribution in [2.75, 3.05) is 6.61 Å². The van der Waals surface area contributed by atoms with Crippen molar-refractivity contribution in [2.45, 2.75) is 26.3 Å². The summed E-state index contributed by atoms with van der Waals surface area (Å²) < 4.78 is 11.1. The lowest BCUT2D eigenvalue weighted by atomic mass is 10.1. The molecule has 8 heteroatoms. The molecule has 4 rings (SSSR count). The number of nitrogens with zero attached hydrogens (tertiary/aromatic N) is 1. The predicted octanol–water partition coefficient (Wildman–Crippen LogP) is 6.79. The standard InChI is InChI=1S/C26H22ClNO5S/c1-2-3-14-32-25(30)18-10-8-17(9-11-18)22-13-12-20(33-22)15-23-24(29)28(26(31)34-23)16-19-6-4-5-7-21(19)27/h4-13,15H,2-3,14,16H2,1H3/b23-15+. The summed E-state index contributed by atoms with van der Waals surface area (Å²) in [5, 5.41) is 0.144. The highest BCUT2D eigenvalue weighted by Crippen LogP contribution is 2.35. The Morgan fingerprint density at radius 2 is 1.85 bits per heavy atom. The first-order valence-corrected chi connectivity index (χ1v) is 12.0. The molecule has 0 N–H and O–H groups in total. The van der Waals surface area contributed by atoms with Crippen molar-refractivity contribution < 1.29 is 23.5 Å². The maximum Gasteiger partial charge on any atom is 0.338 e. The van der Waals surface area contributed by atoms with E-state index in [2.05, 4.69) is 0 Å². The number of ether oxygens (including phenoxy) is 1. The number of amides is 2. The van der Waals surface area contributed by atoms with Crippen LogP contribution in [-0.2, 0) is 16.1 Å². The number of imide groups is 1. The Balaban J connectivity index is 1.44. The van der Waals surface area contributed by atoms with Gasteiger partial charge in [0.15, 0.2) is 0 Å². The Hall–Kier alpha value is -3.29. The number of rotatable bonds is 8. The number of hydrogen-bond donors (Lipinski definition) is 0. The van der Waals surface area contributed by atoms with Crippen LogP contribution in [0.4, 0.5) is 4.79 Å². The number of halogens is 1. The predicted molar refractivity (Wildman–Crippen MR) is 132 cm³/mol. The molecule has 0 saturated carbocycles. The molecular weight excluding hydrogens is 474 g/mol. The number of furan rings is 1. The third-order valence-corrected chi connectivity index (χ3v) is 6.47. The Kier molecular flexibility index (Phi) is 7.55. The minimum Gasteiger partial charge on any atom is -0.462 e. The highest BCUT2D eigenvalue weighted by Gasteiger charge is 2.35. The van der Waals surface area contributed by atoms with Gasteiger partial charge in [0, 0.05) is 16.7 Å². The molecule has 1 saturated heterocycles. The molecule has 0 aliphatic carbocycles. The van der Waals surface area contributed by atoms with Crippen molar-refractivity contribution in [1.29, 1.82) is 0 Å². The molecule has 0 bridgehead atoms. The average molecular weight is 496 g/mol. The summed E-state index contributed by atoms with van der Waals surface area (Å²) in [5.74, 6) is 0.278. The average Bonchev–Trinajstić information content (AvgIpc) is 3.41. The number of carbonyl (C=O) groups excluding carboxylic acids is 3. The van der Waals surface area contributed by atoms with Crippen LogP contribution >= 0.6 is 23.4 Å². The first kappa shape index (κ1) is 23.9. The summed E-state index contributed by atoms with van der Waals surface area (Å²) in [6.07, 6.45) is 3.35. The highest BCUT2D eigenvalue weighted by molar-refractivity contribution is 8.18. The van der Waals surface area contributed by atoms with Gasteiger partial charge in [-0.05, 0) is 54.1 Å². The normalized spacial score (nSPS) is 14.8. The first-order chi connectivity index (χ1) is 16.5. The molecule has 0 spiro atoms. The summed E-state index contributed by atoms with van der Waals surface area (Å²) in [4.78, 5) is 38.7. The van der Waals surface area contributed by atoms with Crippen molar-refractivity contribution >= 4 is 46.6 Å². The molecule has 0 radical (unpaired) electrons. The zero-order valence-electron chi connectivity index (χ0n) is 18.5. The maximum atomic E-state index is 12.8. The van der Waals surface area contributed by atoms with E-state index in [1.807, 2.05) is 13.0 Å². The minimum atomic E-state index is -0.390. The van der Waals surface area contributed by atoms with Crippen LogP contribution in [0.15, 0.2) is 70.0 Å². The Morgan fingerprint density at radius 3 is 2.59 bits per heavy atom. The van der Waals surface area contributed by atoms with Gasteiger partial charge in [-0.25, -0.2) is 4.79 Å². The number of esters is 1. The van der Waals surface area contributed by atoms with E-state index in [1.165, 1.54) is 4.90 Å². The van der Waals surface area contributed by atoms with E-state index in [0.717, 1.165) is 30.2 Å². The second-order valence-corrected chi connectivity index (χ2v) is 9.03. The van der Waals surface area contributed by atoms with Crippen LogP contribution < -0.4 is 0 Å². The molecule has 0 atom stereocenters. The molecule has 34 heavy (non-hydrogen) atoms. The number of benzene rings is 2. The Labute approximate surface area is 206 Å². The van der Waals surface area contributed by atoms with Crippen molar-refractivity contribution in [1.82, 2.24) is 4.90 Å². The Bertz CT molecular complexity index is 1250. The molecular formula is C26H22ClNO5S. The highest BCUT2D eigenvalue weighted by atomic mass is 35.5. The third-order valence-electron chi connectivity index (χ3n) is 5.20. The van der Waals surface area contributed by atoms with Gasteiger partial charge < -0.3 is 9.15 Å². The zero-order valence-corrected chi connectivity index (χ0v) is 20.0. The van der Waals surface area contributed by atoms with Gasteiger partial charge in [0.05, 0.1) is 23.6 Å². The van der Waals surface area contributed by atoms with Gasteiger partial charge in [-0.3, -0.25) is 14.5 Å². The van der Waals surface area contributed by atoms with Gasteiger partial charge in [0.25, 0.3) is 11.1 Å². The molecule has 2 amide bonds. The summed E-state index contributed by atoms with van der Waals surface area (Å²) in [7, 11) is 0. The third kappa shape index (κ3) is 5.43. The molecule has 6 nitrogen and oxygen atoms in total. The van der Waals surface area contributed by atoms with E-state index in [9.17, 15) is 14.4 Å². The van der Waals surface area contributed by atoms with E-state index >= 15 is 0 Å². The van der Waals surface area contributed by atoms with Crippen LogP contribution in [0, 0.1) is 0 Å². The van der Waals surface area contributed by atoms with Crippen LogP contribution in [0.1, 0.15) is 41.4 Å². The van der Waals surface area contributed by atoms with Gasteiger partial charge in [-0.15, -0.1) is 0 Å². The van der Waals surface area contributed by atoms with E-state index in [4.69, 9.17) is 20.8 Å². The number of hydrogen-bond acceptors (Lipinski definition) is 6.